The summed E-state index contributed by atoms with van der Waals surface area (Å²) in [6.45, 7) is 9.43. The summed E-state index contributed by atoms with van der Waals surface area (Å²) >= 11 is 0. The topological polar surface area (TPSA) is 36.0 Å². The molecule has 1 atom stereocenters. The maximum absolute atomic E-state index is 12.9. The summed E-state index contributed by atoms with van der Waals surface area (Å²) in [6.07, 6.45) is 8.26. The van der Waals surface area contributed by atoms with Gasteiger partial charge in [-0.05, 0) is 89.2 Å². The third kappa shape index (κ3) is 6.09. The zero-order valence-corrected chi connectivity index (χ0v) is 19.6. The van der Waals surface area contributed by atoms with Gasteiger partial charge in [-0.1, -0.05) is 24.3 Å². The van der Waals surface area contributed by atoms with E-state index in [2.05, 4.69) is 41.0 Å². The molecule has 0 saturated carbocycles. The Kier molecular flexibility index (Phi) is 8.02. The molecule has 0 radical (unpaired) electrons. The molecule has 5 heteroatoms. The van der Waals surface area contributed by atoms with Crippen molar-refractivity contribution in [1.82, 2.24) is 14.7 Å². The van der Waals surface area contributed by atoms with Crippen molar-refractivity contribution in [2.45, 2.75) is 70.6 Å². The number of rotatable bonds is 6. The molecule has 172 valence electrons. The van der Waals surface area contributed by atoms with Crippen LogP contribution in [0.4, 0.5) is 0 Å². The van der Waals surface area contributed by atoms with Crippen molar-refractivity contribution in [3.05, 3.63) is 35.4 Å². The molecule has 1 amide bonds. The lowest BCUT2D eigenvalue weighted by Gasteiger charge is -2.42. The number of aryl methyl sites for hydroxylation is 1. The van der Waals surface area contributed by atoms with Crippen molar-refractivity contribution in [2.75, 3.05) is 46.4 Å². The average Bonchev–Trinajstić information content (AvgIpc) is 2.81. The Balaban J connectivity index is 1.18. The van der Waals surface area contributed by atoms with Crippen LogP contribution in [-0.2, 0) is 16.1 Å². The monoisotopic (exact) mass is 427 g/mol. The van der Waals surface area contributed by atoms with E-state index in [1.54, 1.807) is 0 Å². The lowest BCUT2D eigenvalue weighted by Crippen LogP contribution is -2.49. The molecule has 3 aliphatic rings. The number of nitrogens with zero attached hydrogens (tertiary/aromatic N) is 3. The summed E-state index contributed by atoms with van der Waals surface area (Å²) in [6, 6.07) is 9.45. The van der Waals surface area contributed by atoms with E-state index in [-0.39, 0.29) is 12.0 Å². The second-order valence-corrected chi connectivity index (χ2v) is 9.95. The minimum atomic E-state index is 0.200. The number of hydrogen-bond donors (Lipinski definition) is 0. The molecule has 3 saturated heterocycles. The molecule has 1 aromatic rings. The summed E-state index contributed by atoms with van der Waals surface area (Å²) < 4.78 is 5.83. The molecule has 0 aliphatic carbocycles. The summed E-state index contributed by atoms with van der Waals surface area (Å²) in [5.41, 5.74) is 2.86. The van der Waals surface area contributed by atoms with Crippen LogP contribution in [0.1, 0.15) is 56.1 Å². The molecule has 1 aromatic carbocycles. The highest BCUT2D eigenvalue weighted by Gasteiger charge is 2.32. The van der Waals surface area contributed by atoms with Gasteiger partial charge in [0.05, 0.1) is 6.10 Å². The van der Waals surface area contributed by atoms with Crippen molar-refractivity contribution in [2.24, 2.45) is 5.92 Å². The molecule has 0 unspecified atom stereocenters. The Morgan fingerprint density at radius 1 is 1.03 bits per heavy atom. The Labute approximate surface area is 188 Å². The molecule has 0 bridgehead atoms. The quantitative estimate of drug-likeness (QED) is 0.694. The van der Waals surface area contributed by atoms with E-state index in [0.717, 1.165) is 58.5 Å². The first-order valence-corrected chi connectivity index (χ1v) is 12.5. The fourth-order valence-electron chi connectivity index (χ4n) is 5.64. The van der Waals surface area contributed by atoms with E-state index >= 15 is 0 Å². The molecule has 0 N–H and O–H groups in total. The van der Waals surface area contributed by atoms with Crippen LogP contribution in [0.15, 0.2) is 24.3 Å². The van der Waals surface area contributed by atoms with Crippen LogP contribution in [0.25, 0.3) is 0 Å². The first-order valence-electron chi connectivity index (χ1n) is 12.5. The van der Waals surface area contributed by atoms with Gasteiger partial charge in [-0.3, -0.25) is 9.69 Å². The van der Waals surface area contributed by atoms with Crippen LogP contribution >= 0.6 is 0 Å². The number of likely N-dealkylation sites (N-methyl/N-ethyl adjacent to an activating group) is 1. The van der Waals surface area contributed by atoms with Gasteiger partial charge in [0.1, 0.15) is 0 Å². The lowest BCUT2D eigenvalue weighted by molar-refractivity contribution is -0.138. The van der Waals surface area contributed by atoms with Gasteiger partial charge in [0.25, 0.3) is 0 Å². The molecular weight excluding hydrogens is 386 g/mol. The molecule has 5 nitrogen and oxygen atoms in total. The van der Waals surface area contributed by atoms with Gasteiger partial charge in [-0.15, -0.1) is 0 Å². The number of ether oxygens (including phenoxy) is 1. The number of amides is 1. The Morgan fingerprint density at radius 3 is 2.45 bits per heavy atom. The highest BCUT2D eigenvalue weighted by Crippen LogP contribution is 2.26. The minimum Gasteiger partial charge on any atom is -0.376 e. The van der Waals surface area contributed by atoms with Crippen LogP contribution < -0.4 is 0 Å². The smallest absolute Gasteiger partial charge is 0.225 e. The Morgan fingerprint density at radius 2 is 1.77 bits per heavy atom. The second kappa shape index (κ2) is 10.9. The first kappa shape index (κ1) is 22.8. The van der Waals surface area contributed by atoms with Crippen LogP contribution in [0.3, 0.4) is 0 Å². The molecule has 3 aliphatic heterocycles. The van der Waals surface area contributed by atoms with Crippen LogP contribution in [0, 0.1) is 12.8 Å². The third-order valence-corrected chi connectivity index (χ3v) is 7.74. The molecular formula is C26H41N3O2. The van der Waals surface area contributed by atoms with Crippen molar-refractivity contribution in [1.29, 1.82) is 0 Å². The maximum Gasteiger partial charge on any atom is 0.225 e. The zero-order valence-electron chi connectivity index (χ0n) is 19.6. The maximum atomic E-state index is 12.9. The number of carbonyl (C=O) groups is 1. The number of piperidine rings is 2. The highest BCUT2D eigenvalue weighted by molar-refractivity contribution is 5.78. The first-order chi connectivity index (χ1) is 15.1. The van der Waals surface area contributed by atoms with E-state index < -0.39 is 0 Å². The predicted octanol–water partition coefficient (Wildman–Crippen LogP) is 3.70. The second-order valence-electron chi connectivity index (χ2n) is 9.95. The largest absolute Gasteiger partial charge is 0.376 e. The number of benzene rings is 1. The third-order valence-electron chi connectivity index (χ3n) is 7.74. The summed E-state index contributed by atoms with van der Waals surface area (Å²) in [5, 5.41) is 0. The van der Waals surface area contributed by atoms with Gasteiger partial charge in [0, 0.05) is 38.7 Å². The molecule has 0 spiro atoms. The molecule has 31 heavy (non-hydrogen) atoms. The summed E-state index contributed by atoms with van der Waals surface area (Å²) in [7, 11) is 1.97. The van der Waals surface area contributed by atoms with Gasteiger partial charge >= 0.3 is 0 Å². The van der Waals surface area contributed by atoms with Crippen molar-refractivity contribution in [3.8, 4) is 0 Å². The van der Waals surface area contributed by atoms with Crippen LogP contribution in [-0.4, -0.2) is 79.1 Å². The zero-order chi connectivity index (χ0) is 21.6. The van der Waals surface area contributed by atoms with Gasteiger partial charge in [-0.25, -0.2) is 0 Å². The molecule has 3 heterocycles. The number of carbonyl (C=O) groups excluding carboxylic acids is 1. The Hall–Kier alpha value is -1.43. The van der Waals surface area contributed by atoms with Crippen molar-refractivity contribution < 1.29 is 9.53 Å². The predicted molar refractivity (Wildman–Crippen MR) is 125 cm³/mol. The van der Waals surface area contributed by atoms with Gasteiger partial charge < -0.3 is 14.5 Å². The number of likely N-dealkylation sites (tertiary alicyclic amines) is 2. The SMILES string of the molecule is Cc1ccccc1CN1CCC(N2CCC(C(=O)N(C)C[C@@H]3CCCCO3)CC2)CC1. The number of hydrogen-bond acceptors (Lipinski definition) is 4. The standard InChI is InChI=1S/C26H41N3O2/c1-21-7-3-4-8-23(21)19-28-14-12-24(13-15-28)29-16-10-22(11-17-29)26(30)27(2)20-25-9-5-6-18-31-25/h3-4,7-8,22,24-25H,5-6,9-20H2,1-2H3/t25-/m0/s1. The van der Waals surface area contributed by atoms with E-state index in [1.165, 1.54) is 43.5 Å². The van der Waals surface area contributed by atoms with E-state index in [4.69, 9.17) is 4.74 Å². The highest BCUT2D eigenvalue weighted by atomic mass is 16.5. The lowest BCUT2D eigenvalue weighted by atomic mass is 9.92. The molecule has 0 aromatic heterocycles. The molecule has 3 fully saturated rings. The summed E-state index contributed by atoms with van der Waals surface area (Å²) in [4.78, 5) is 20.2. The molecule has 4 rings (SSSR count). The van der Waals surface area contributed by atoms with Crippen LogP contribution in [0.2, 0.25) is 0 Å². The van der Waals surface area contributed by atoms with Gasteiger partial charge in [0.2, 0.25) is 5.91 Å². The fourth-order valence-corrected chi connectivity index (χ4v) is 5.64. The van der Waals surface area contributed by atoms with E-state index in [9.17, 15) is 4.79 Å². The van der Waals surface area contributed by atoms with E-state index in [0.29, 0.717) is 11.9 Å². The van der Waals surface area contributed by atoms with E-state index in [1.807, 2.05) is 11.9 Å². The van der Waals surface area contributed by atoms with Crippen molar-refractivity contribution in [3.63, 3.8) is 0 Å². The van der Waals surface area contributed by atoms with Gasteiger partial charge in [0.15, 0.2) is 0 Å². The van der Waals surface area contributed by atoms with Crippen LogP contribution in [0.5, 0.6) is 0 Å². The summed E-state index contributed by atoms with van der Waals surface area (Å²) in [5.74, 6) is 0.535. The fraction of sp³-hybridized carbons (Fsp3) is 0.731. The van der Waals surface area contributed by atoms with Crippen molar-refractivity contribution >= 4 is 5.91 Å². The normalized spacial score (nSPS) is 24.9. The van der Waals surface area contributed by atoms with Gasteiger partial charge in [-0.2, -0.15) is 0 Å². The minimum absolute atomic E-state index is 0.200. The Bertz CT molecular complexity index is 702. The average molecular weight is 428 g/mol.